The van der Waals surface area contributed by atoms with Crippen LogP contribution < -0.4 is 5.32 Å². The van der Waals surface area contributed by atoms with E-state index in [1.54, 1.807) is 18.4 Å². The van der Waals surface area contributed by atoms with Gasteiger partial charge in [-0.05, 0) is 41.0 Å². The zero-order chi connectivity index (χ0) is 20.0. The fourth-order valence-electron chi connectivity index (χ4n) is 2.34. The predicted molar refractivity (Wildman–Crippen MR) is 108 cm³/mol. The maximum Gasteiger partial charge on any atom is 0.341 e. The number of hydrogen-bond donors (Lipinski definition) is 1. The van der Waals surface area contributed by atoms with Crippen LogP contribution in [-0.2, 0) is 14.9 Å². The van der Waals surface area contributed by atoms with Gasteiger partial charge in [-0.2, -0.15) is 5.26 Å². The van der Waals surface area contributed by atoms with E-state index in [9.17, 15) is 14.9 Å². The van der Waals surface area contributed by atoms with E-state index >= 15 is 0 Å². The summed E-state index contributed by atoms with van der Waals surface area (Å²) in [6.07, 6.45) is 1.53. The van der Waals surface area contributed by atoms with Crippen molar-refractivity contribution in [2.75, 3.05) is 11.9 Å². The Kier molecular flexibility index (Phi) is 6.54. The van der Waals surface area contributed by atoms with Crippen molar-refractivity contribution < 1.29 is 14.3 Å². The lowest BCUT2D eigenvalue weighted by Gasteiger charge is -2.18. The van der Waals surface area contributed by atoms with Gasteiger partial charge >= 0.3 is 5.97 Å². The van der Waals surface area contributed by atoms with E-state index in [2.05, 4.69) is 26.1 Å². The molecular formula is C21H22N2O3S. The number of carbonyl (C=O) groups is 2. The maximum absolute atomic E-state index is 12.5. The molecule has 6 heteroatoms. The van der Waals surface area contributed by atoms with E-state index in [1.165, 1.54) is 23.0 Å². The van der Waals surface area contributed by atoms with Gasteiger partial charge in [-0.25, -0.2) is 4.79 Å². The number of nitriles is 1. The van der Waals surface area contributed by atoms with Crippen molar-refractivity contribution in [3.63, 3.8) is 0 Å². The van der Waals surface area contributed by atoms with E-state index in [-0.39, 0.29) is 23.2 Å². The molecule has 0 aliphatic carbocycles. The molecule has 1 amide bonds. The van der Waals surface area contributed by atoms with Gasteiger partial charge in [0.15, 0.2) is 0 Å². The molecule has 0 bridgehead atoms. The molecule has 2 rings (SSSR count). The summed E-state index contributed by atoms with van der Waals surface area (Å²) in [6.45, 7) is 8.32. The molecule has 0 saturated heterocycles. The van der Waals surface area contributed by atoms with E-state index in [4.69, 9.17) is 4.74 Å². The number of hydrogen-bond acceptors (Lipinski definition) is 5. The van der Waals surface area contributed by atoms with Crippen molar-refractivity contribution in [3.8, 4) is 6.07 Å². The van der Waals surface area contributed by atoms with Crippen LogP contribution in [0.5, 0.6) is 0 Å². The van der Waals surface area contributed by atoms with Crippen LogP contribution in [0.15, 0.2) is 41.3 Å². The molecule has 0 aliphatic rings. The van der Waals surface area contributed by atoms with Gasteiger partial charge in [-0.1, -0.05) is 45.0 Å². The molecule has 2 aromatic rings. The molecule has 0 spiro atoms. The summed E-state index contributed by atoms with van der Waals surface area (Å²) in [4.78, 5) is 24.4. The lowest BCUT2D eigenvalue weighted by atomic mass is 9.86. The maximum atomic E-state index is 12.5. The molecule has 0 unspecified atom stereocenters. The van der Waals surface area contributed by atoms with Crippen LogP contribution in [0.2, 0.25) is 0 Å². The first-order chi connectivity index (χ1) is 12.8. The first kappa shape index (κ1) is 20.4. The molecule has 1 aromatic carbocycles. The number of anilines is 1. The highest BCUT2D eigenvalue weighted by Gasteiger charge is 2.18. The van der Waals surface area contributed by atoms with Crippen LogP contribution in [0, 0.1) is 11.3 Å². The molecule has 5 nitrogen and oxygen atoms in total. The van der Waals surface area contributed by atoms with E-state index in [0.29, 0.717) is 5.00 Å². The monoisotopic (exact) mass is 382 g/mol. The second kappa shape index (κ2) is 8.65. The average Bonchev–Trinajstić information content (AvgIpc) is 3.07. The summed E-state index contributed by atoms with van der Waals surface area (Å²) in [7, 11) is 0. The minimum atomic E-state index is -0.564. The van der Waals surface area contributed by atoms with Crippen molar-refractivity contribution in [1.29, 1.82) is 5.26 Å². The van der Waals surface area contributed by atoms with Crippen LogP contribution in [0.1, 0.15) is 49.2 Å². The van der Waals surface area contributed by atoms with Gasteiger partial charge in [0, 0.05) is 0 Å². The molecule has 0 radical (unpaired) electrons. The largest absolute Gasteiger partial charge is 0.462 e. The Balaban J connectivity index is 2.20. The Bertz CT molecular complexity index is 897. The lowest BCUT2D eigenvalue weighted by molar-refractivity contribution is -0.112. The van der Waals surface area contributed by atoms with Gasteiger partial charge in [0.25, 0.3) is 5.91 Å². The molecule has 0 saturated carbocycles. The molecule has 27 heavy (non-hydrogen) atoms. The summed E-state index contributed by atoms with van der Waals surface area (Å²) < 4.78 is 4.97. The molecule has 1 N–H and O–H groups in total. The predicted octanol–water partition coefficient (Wildman–Crippen LogP) is 4.77. The minimum Gasteiger partial charge on any atom is -0.462 e. The van der Waals surface area contributed by atoms with Crippen LogP contribution >= 0.6 is 11.3 Å². The van der Waals surface area contributed by atoms with Crippen molar-refractivity contribution in [3.05, 3.63) is 58.0 Å². The van der Waals surface area contributed by atoms with E-state index < -0.39 is 11.9 Å². The standard InChI is InChI=1S/C21H22N2O3S/c1-5-26-20(25)17-10-11-27-19(17)23-18(24)15(13-22)12-14-6-8-16(9-7-14)21(2,3)4/h6-12H,5H2,1-4H3,(H,23,24). The molecule has 140 valence electrons. The number of rotatable bonds is 5. The molecule has 1 heterocycles. The highest BCUT2D eigenvalue weighted by atomic mass is 32.1. The average molecular weight is 382 g/mol. The highest BCUT2D eigenvalue weighted by molar-refractivity contribution is 7.14. The Labute approximate surface area is 163 Å². The van der Waals surface area contributed by atoms with Gasteiger partial charge in [-0.15, -0.1) is 11.3 Å². The van der Waals surface area contributed by atoms with E-state index in [0.717, 1.165) is 5.56 Å². The van der Waals surface area contributed by atoms with Gasteiger partial charge in [0.05, 0.1) is 12.2 Å². The first-order valence-electron chi connectivity index (χ1n) is 8.54. The zero-order valence-electron chi connectivity index (χ0n) is 15.8. The van der Waals surface area contributed by atoms with Gasteiger partial charge in [-0.3, -0.25) is 4.79 Å². The lowest BCUT2D eigenvalue weighted by Crippen LogP contribution is -2.15. The summed E-state index contributed by atoms with van der Waals surface area (Å²) in [6, 6.07) is 11.2. The smallest absolute Gasteiger partial charge is 0.341 e. The van der Waals surface area contributed by atoms with Gasteiger partial charge in [0.1, 0.15) is 16.6 Å². The molecule has 0 aliphatic heterocycles. The molecule has 1 aromatic heterocycles. The number of carbonyl (C=O) groups excluding carboxylic acids is 2. The third-order valence-electron chi connectivity index (χ3n) is 3.84. The second-order valence-corrected chi connectivity index (χ2v) is 7.80. The summed E-state index contributed by atoms with van der Waals surface area (Å²) in [5.74, 6) is -1.07. The summed E-state index contributed by atoms with van der Waals surface area (Å²) in [5.41, 5.74) is 2.19. The van der Waals surface area contributed by atoms with Crippen molar-refractivity contribution >= 4 is 34.3 Å². The van der Waals surface area contributed by atoms with Crippen molar-refractivity contribution in [2.45, 2.75) is 33.1 Å². The van der Waals surface area contributed by atoms with Crippen LogP contribution in [0.25, 0.3) is 6.08 Å². The van der Waals surface area contributed by atoms with E-state index in [1.807, 2.05) is 30.3 Å². The van der Waals surface area contributed by atoms with Crippen LogP contribution in [-0.4, -0.2) is 18.5 Å². The Morgan fingerprint density at radius 3 is 2.44 bits per heavy atom. The third-order valence-corrected chi connectivity index (χ3v) is 4.67. The summed E-state index contributed by atoms with van der Waals surface area (Å²) in [5, 5.41) is 14.0. The number of amides is 1. The van der Waals surface area contributed by atoms with Crippen LogP contribution in [0.3, 0.4) is 0 Å². The van der Waals surface area contributed by atoms with Gasteiger partial charge < -0.3 is 10.1 Å². The quantitative estimate of drug-likeness (QED) is 0.459. The number of nitrogens with zero attached hydrogens (tertiary/aromatic N) is 1. The zero-order valence-corrected chi connectivity index (χ0v) is 16.6. The fraction of sp³-hybridized carbons (Fsp3) is 0.286. The number of nitrogens with one attached hydrogen (secondary N) is 1. The number of esters is 1. The molecule has 0 atom stereocenters. The Hall–Kier alpha value is -2.91. The van der Waals surface area contributed by atoms with Gasteiger partial charge in [0.2, 0.25) is 0 Å². The normalized spacial score (nSPS) is 11.6. The van der Waals surface area contributed by atoms with Crippen molar-refractivity contribution in [1.82, 2.24) is 0 Å². The minimum absolute atomic E-state index is 0.0281. The number of thiophene rings is 1. The SMILES string of the molecule is CCOC(=O)c1ccsc1NC(=O)C(C#N)=Cc1ccc(C(C)(C)C)cc1. The van der Waals surface area contributed by atoms with Crippen LogP contribution in [0.4, 0.5) is 5.00 Å². The molecule has 0 fully saturated rings. The second-order valence-electron chi connectivity index (χ2n) is 6.88. The first-order valence-corrected chi connectivity index (χ1v) is 9.42. The number of benzene rings is 1. The number of ether oxygens (including phenoxy) is 1. The topological polar surface area (TPSA) is 79.2 Å². The third kappa shape index (κ3) is 5.28. The highest BCUT2D eigenvalue weighted by Crippen LogP contribution is 2.25. The molecular weight excluding hydrogens is 360 g/mol. The Morgan fingerprint density at radius 1 is 1.22 bits per heavy atom. The Morgan fingerprint density at radius 2 is 1.89 bits per heavy atom. The van der Waals surface area contributed by atoms with Crippen molar-refractivity contribution in [2.24, 2.45) is 0 Å². The summed E-state index contributed by atoms with van der Waals surface area (Å²) >= 11 is 1.20. The fourth-order valence-corrected chi connectivity index (χ4v) is 3.11.